The minimum Gasteiger partial charge on any atom is -0.497 e. The van der Waals surface area contributed by atoms with Gasteiger partial charge in [0.1, 0.15) is 5.75 Å². The standard InChI is InChI=1S/C16H24N2O3.ClH/c1-21-14-7-3-4-11(9-14)15(19)10-18-16(20)12-5-2-6-13(17)8-12;/h3-4,7,9,12-13,15,19H,2,5-6,8,10,17H2,1H3,(H,18,20);1H. The third-order valence-corrected chi connectivity index (χ3v) is 4.03. The van der Waals surface area contributed by atoms with Crippen LogP contribution in [0.5, 0.6) is 5.75 Å². The van der Waals surface area contributed by atoms with Crippen LogP contribution in [0, 0.1) is 5.92 Å². The molecule has 1 aliphatic carbocycles. The minimum atomic E-state index is -0.735. The molecule has 4 N–H and O–H groups in total. The number of hydrogen-bond donors (Lipinski definition) is 3. The number of carbonyl (C=O) groups is 1. The number of benzene rings is 1. The van der Waals surface area contributed by atoms with E-state index in [1.165, 1.54) is 0 Å². The van der Waals surface area contributed by atoms with E-state index in [2.05, 4.69) is 5.32 Å². The van der Waals surface area contributed by atoms with Crippen LogP contribution in [0.2, 0.25) is 0 Å². The predicted molar refractivity (Wildman–Crippen MR) is 88.1 cm³/mol. The molecule has 0 radical (unpaired) electrons. The molecule has 22 heavy (non-hydrogen) atoms. The third-order valence-electron chi connectivity index (χ3n) is 4.03. The fourth-order valence-electron chi connectivity index (χ4n) is 2.77. The van der Waals surface area contributed by atoms with Crippen molar-refractivity contribution >= 4 is 18.3 Å². The highest BCUT2D eigenvalue weighted by molar-refractivity contribution is 5.85. The molecule has 1 aromatic carbocycles. The van der Waals surface area contributed by atoms with Crippen molar-refractivity contribution in [3.63, 3.8) is 0 Å². The van der Waals surface area contributed by atoms with Gasteiger partial charge in [0.2, 0.25) is 5.91 Å². The molecule has 0 aromatic heterocycles. The molecule has 0 spiro atoms. The first kappa shape index (κ1) is 18.7. The van der Waals surface area contributed by atoms with Crippen LogP contribution in [-0.4, -0.2) is 30.7 Å². The molecular weight excluding hydrogens is 304 g/mol. The van der Waals surface area contributed by atoms with Crippen LogP contribution in [0.15, 0.2) is 24.3 Å². The van der Waals surface area contributed by atoms with Gasteiger partial charge in [0.15, 0.2) is 0 Å². The van der Waals surface area contributed by atoms with Gasteiger partial charge in [-0.05, 0) is 37.0 Å². The lowest BCUT2D eigenvalue weighted by atomic mass is 9.85. The van der Waals surface area contributed by atoms with Gasteiger partial charge in [-0.1, -0.05) is 18.6 Å². The van der Waals surface area contributed by atoms with Gasteiger partial charge in [0.05, 0.1) is 13.2 Å². The molecule has 1 amide bonds. The highest BCUT2D eigenvalue weighted by Gasteiger charge is 2.25. The summed E-state index contributed by atoms with van der Waals surface area (Å²) in [6, 6.07) is 7.35. The second-order valence-corrected chi connectivity index (χ2v) is 5.66. The normalized spacial score (nSPS) is 22.3. The first-order valence-corrected chi connectivity index (χ1v) is 7.45. The molecule has 1 aliphatic rings. The van der Waals surface area contributed by atoms with Crippen LogP contribution in [-0.2, 0) is 4.79 Å². The fraction of sp³-hybridized carbons (Fsp3) is 0.562. The number of amides is 1. The number of carbonyl (C=O) groups excluding carboxylic acids is 1. The van der Waals surface area contributed by atoms with Crippen molar-refractivity contribution < 1.29 is 14.6 Å². The number of aliphatic hydroxyl groups is 1. The van der Waals surface area contributed by atoms with Gasteiger partial charge < -0.3 is 20.9 Å². The van der Waals surface area contributed by atoms with E-state index in [-0.39, 0.29) is 36.8 Å². The van der Waals surface area contributed by atoms with E-state index in [1.54, 1.807) is 13.2 Å². The summed E-state index contributed by atoms with van der Waals surface area (Å²) in [6.45, 7) is 0.206. The molecule has 3 unspecified atom stereocenters. The van der Waals surface area contributed by atoms with Crippen LogP contribution in [0.3, 0.4) is 0 Å². The summed E-state index contributed by atoms with van der Waals surface area (Å²) in [5.41, 5.74) is 6.63. The summed E-state index contributed by atoms with van der Waals surface area (Å²) in [5, 5.41) is 13.0. The molecule has 1 fully saturated rings. The lowest BCUT2D eigenvalue weighted by Crippen LogP contribution is -2.39. The van der Waals surface area contributed by atoms with Crippen molar-refractivity contribution in [2.75, 3.05) is 13.7 Å². The first-order chi connectivity index (χ1) is 10.1. The summed E-state index contributed by atoms with van der Waals surface area (Å²) in [7, 11) is 1.58. The maximum absolute atomic E-state index is 12.1. The van der Waals surface area contributed by atoms with Crippen molar-refractivity contribution in [2.24, 2.45) is 11.7 Å². The van der Waals surface area contributed by atoms with E-state index in [1.807, 2.05) is 18.2 Å². The maximum atomic E-state index is 12.1. The van der Waals surface area contributed by atoms with E-state index >= 15 is 0 Å². The molecule has 124 valence electrons. The zero-order chi connectivity index (χ0) is 15.2. The highest BCUT2D eigenvalue weighted by Crippen LogP contribution is 2.23. The number of nitrogens with one attached hydrogen (secondary N) is 1. The number of hydrogen-bond acceptors (Lipinski definition) is 4. The Balaban J connectivity index is 0.00000242. The molecule has 5 nitrogen and oxygen atoms in total. The Morgan fingerprint density at radius 3 is 2.95 bits per heavy atom. The van der Waals surface area contributed by atoms with Crippen molar-refractivity contribution in [1.82, 2.24) is 5.32 Å². The van der Waals surface area contributed by atoms with E-state index in [0.717, 1.165) is 31.2 Å². The van der Waals surface area contributed by atoms with Gasteiger partial charge in [-0.3, -0.25) is 4.79 Å². The summed E-state index contributed by atoms with van der Waals surface area (Å²) in [5.74, 6) is 0.662. The predicted octanol–water partition coefficient (Wildman–Crippen LogP) is 1.78. The van der Waals surface area contributed by atoms with Crippen LogP contribution < -0.4 is 15.8 Å². The molecule has 0 heterocycles. The van der Waals surface area contributed by atoms with Crippen molar-refractivity contribution in [3.05, 3.63) is 29.8 Å². The van der Waals surface area contributed by atoms with E-state index in [9.17, 15) is 9.90 Å². The average molecular weight is 329 g/mol. The summed E-state index contributed by atoms with van der Waals surface area (Å²) in [6.07, 6.45) is 2.88. The van der Waals surface area contributed by atoms with Gasteiger partial charge in [0.25, 0.3) is 0 Å². The molecule has 6 heteroatoms. The second kappa shape index (κ2) is 8.98. The molecule has 3 atom stereocenters. The molecule has 0 saturated heterocycles. The summed E-state index contributed by atoms with van der Waals surface area (Å²) >= 11 is 0. The minimum absolute atomic E-state index is 0. The third kappa shape index (κ3) is 5.16. The number of methoxy groups -OCH3 is 1. The number of aliphatic hydroxyl groups excluding tert-OH is 1. The Morgan fingerprint density at radius 2 is 2.27 bits per heavy atom. The van der Waals surface area contributed by atoms with Gasteiger partial charge in [-0.25, -0.2) is 0 Å². The average Bonchev–Trinajstić information content (AvgIpc) is 2.52. The maximum Gasteiger partial charge on any atom is 0.223 e. The zero-order valence-electron chi connectivity index (χ0n) is 12.8. The van der Waals surface area contributed by atoms with Crippen LogP contribution in [0.4, 0.5) is 0 Å². The number of halogens is 1. The summed E-state index contributed by atoms with van der Waals surface area (Å²) in [4.78, 5) is 12.1. The van der Waals surface area contributed by atoms with Crippen molar-refractivity contribution in [3.8, 4) is 5.75 Å². The molecule has 1 saturated carbocycles. The lowest BCUT2D eigenvalue weighted by molar-refractivity contribution is -0.126. The smallest absolute Gasteiger partial charge is 0.223 e. The molecular formula is C16H25ClN2O3. The largest absolute Gasteiger partial charge is 0.497 e. The summed E-state index contributed by atoms with van der Waals surface area (Å²) < 4.78 is 5.13. The number of ether oxygens (including phenoxy) is 1. The highest BCUT2D eigenvalue weighted by atomic mass is 35.5. The van der Waals surface area contributed by atoms with Gasteiger partial charge in [-0.15, -0.1) is 12.4 Å². The Bertz CT molecular complexity index is 484. The van der Waals surface area contributed by atoms with Gasteiger partial charge >= 0.3 is 0 Å². The molecule has 1 aromatic rings. The molecule has 0 aliphatic heterocycles. The molecule has 2 rings (SSSR count). The Morgan fingerprint density at radius 1 is 1.50 bits per heavy atom. The lowest BCUT2D eigenvalue weighted by Gasteiger charge is -2.26. The Hall–Kier alpha value is -1.30. The Kier molecular flexibility index (Phi) is 7.65. The SMILES string of the molecule is COc1cccc(C(O)CNC(=O)C2CCCC(N)C2)c1.Cl. The number of nitrogens with two attached hydrogens (primary N) is 1. The first-order valence-electron chi connectivity index (χ1n) is 7.45. The second-order valence-electron chi connectivity index (χ2n) is 5.66. The zero-order valence-corrected chi connectivity index (χ0v) is 13.6. The topological polar surface area (TPSA) is 84.6 Å². The van der Waals surface area contributed by atoms with Crippen LogP contribution in [0.25, 0.3) is 0 Å². The molecule has 0 bridgehead atoms. The fourth-order valence-corrected chi connectivity index (χ4v) is 2.77. The van der Waals surface area contributed by atoms with Gasteiger partial charge in [0, 0.05) is 18.5 Å². The number of rotatable bonds is 5. The quantitative estimate of drug-likeness (QED) is 0.769. The van der Waals surface area contributed by atoms with E-state index in [4.69, 9.17) is 10.5 Å². The Labute approximate surface area is 137 Å². The van der Waals surface area contributed by atoms with Crippen molar-refractivity contribution in [1.29, 1.82) is 0 Å². The monoisotopic (exact) mass is 328 g/mol. The van der Waals surface area contributed by atoms with E-state index < -0.39 is 6.10 Å². The van der Waals surface area contributed by atoms with E-state index in [0.29, 0.717) is 5.75 Å². The van der Waals surface area contributed by atoms with Gasteiger partial charge in [-0.2, -0.15) is 0 Å². The van der Waals surface area contributed by atoms with Crippen molar-refractivity contribution in [2.45, 2.75) is 37.8 Å². The van der Waals surface area contributed by atoms with Crippen LogP contribution in [0.1, 0.15) is 37.4 Å². The van der Waals surface area contributed by atoms with Crippen LogP contribution >= 0.6 is 12.4 Å².